The normalized spacial score (nSPS) is 13.1. The van der Waals surface area contributed by atoms with Crippen LogP contribution in [0.5, 0.6) is 0 Å². The first kappa shape index (κ1) is 18.7. The van der Waals surface area contributed by atoms with Crippen molar-refractivity contribution in [2.75, 3.05) is 7.11 Å². The number of amides is 1. The number of ether oxygens (including phenoxy) is 2. The molecule has 128 valence electrons. The van der Waals surface area contributed by atoms with E-state index < -0.39 is 6.09 Å². The molecule has 1 N–H and O–H groups in total. The van der Waals surface area contributed by atoms with Crippen molar-refractivity contribution in [1.29, 1.82) is 0 Å². The van der Waals surface area contributed by atoms with Gasteiger partial charge in [0.2, 0.25) is 0 Å². The maximum atomic E-state index is 12.1. The Hall–Kier alpha value is -1.60. The number of rotatable bonds is 7. The Morgan fingerprint density at radius 1 is 1.12 bits per heavy atom. The number of carbonyl (C=O) groups excluding carboxylic acids is 1. The SMILES string of the molecule is CC[C@H](OC(=O)NCc1ccccc1)[C@@H](OC)c1ccccc1I. The Morgan fingerprint density at radius 2 is 1.79 bits per heavy atom. The summed E-state index contributed by atoms with van der Waals surface area (Å²) in [5.41, 5.74) is 2.06. The summed E-state index contributed by atoms with van der Waals surface area (Å²) in [5.74, 6) is 0. The number of nitrogens with one attached hydrogen (secondary N) is 1. The third-order valence-electron chi connectivity index (χ3n) is 3.74. The lowest BCUT2D eigenvalue weighted by atomic mass is 10.0. The summed E-state index contributed by atoms with van der Waals surface area (Å²) in [7, 11) is 1.64. The average molecular weight is 439 g/mol. The molecule has 0 radical (unpaired) electrons. The third-order valence-corrected chi connectivity index (χ3v) is 4.73. The van der Waals surface area contributed by atoms with Crippen molar-refractivity contribution in [2.45, 2.75) is 32.1 Å². The van der Waals surface area contributed by atoms with Crippen molar-refractivity contribution in [3.05, 3.63) is 69.3 Å². The molecule has 0 heterocycles. The summed E-state index contributed by atoms with van der Waals surface area (Å²) < 4.78 is 12.3. The van der Waals surface area contributed by atoms with Gasteiger partial charge in [0.05, 0.1) is 0 Å². The van der Waals surface area contributed by atoms with E-state index in [1.807, 2.05) is 61.5 Å². The van der Waals surface area contributed by atoms with Crippen LogP contribution in [-0.2, 0) is 16.0 Å². The van der Waals surface area contributed by atoms with Crippen molar-refractivity contribution in [3.63, 3.8) is 0 Å². The van der Waals surface area contributed by atoms with E-state index in [0.29, 0.717) is 13.0 Å². The van der Waals surface area contributed by atoms with E-state index in [-0.39, 0.29) is 12.2 Å². The van der Waals surface area contributed by atoms with E-state index in [9.17, 15) is 4.79 Å². The summed E-state index contributed by atoms with van der Waals surface area (Å²) in [6, 6.07) is 17.7. The molecule has 2 atom stereocenters. The summed E-state index contributed by atoms with van der Waals surface area (Å²) in [4.78, 5) is 12.1. The highest BCUT2D eigenvalue weighted by atomic mass is 127. The smallest absolute Gasteiger partial charge is 0.407 e. The number of benzene rings is 2. The molecule has 0 spiro atoms. The number of hydrogen-bond acceptors (Lipinski definition) is 3. The van der Waals surface area contributed by atoms with Gasteiger partial charge in [0.1, 0.15) is 12.2 Å². The van der Waals surface area contributed by atoms with Gasteiger partial charge >= 0.3 is 6.09 Å². The van der Waals surface area contributed by atoms with Gasteiger partial charge in [-0.2, -0.15) is 0 Å². The average Bonchev–Trinajstić information content (AvgIpc) is 2.62. The Morgan fingerprint density at radius 3 is 2.42 bits per heavy atom. The molecule has 2 rings (SSSR count). The molecule has 0 aromatic heterocycles. The summed E-state index contributed by atoms with van der Waals surface area (Å²) >= 11 is 2.27. The van der Waals surface area contributed by atoms with Crippen molar-refractivity contribution in [1.82, 2.24) is 5.32 Å². The fourth-order valence-electron chi connectivity index (χ4n) is 2.49. The molecule has 5 heteroatoms. The molecule has 2 aromatic rings. The largest absolute Gasteiger partial charge is 0.443 e. The van der Waals surface area contributed by atoms with Gasteiger partial charge in [-0.15, -0.1) is 0 Å². The summed E-state index contributed by atoms with van der Waals surface area (Å²) in [6.45, 7) is 2.42. The lowest BCUT2D eigenvalue weighted by Crippen LogP contribution is -2.32. The van der Waals surface area contributed by atoms with Crippen LogP contribution < -0.4 is 5.32 Å². The first-order chi connectivity index (χ1) is 11.7. The van der Waals surface area contributed by atoms with Crippen LogP contribution in [0.25, 0.3) is 0 Å². The van der Waals surface area contributed by atoms with Gasteiger partial charge < -0.3 is 14.8 Å². The van der Waals surface area contributed by atoms with E-state index in [0.717, 1.165) is 14.7 Å². The van der Waals surface area contributed by atoms with E-state index in [1.165, 1.54) is 0 Å². The molecular weight excluding hydrogens is 417 g/mol. The standard InChI is InChI=1S/C19H22INO3/c1-3-17(18(23-2)15-11-7-8-12-16(15)20)24-19(22)21-13-14-9-5-4-6-10-14/h4-12,17-18H,3,13H2,1-2H3,(H,21,22)/t17-,18-/m0/s1. The highest BCUT2D eigenvalue weighted by Gasteiger charge is 2.26. The molecule has 0 saturated carbocycles. The van der Waals surface area contributed by atoms with Crippen molar-refractivity contribution < 1.29 is 14.3 Å². The van der Waals surface area contributed by atoms with Crippen LogP contribution in [-0.4, -0.2) is 19.3 Å². The molecule has 0 fully saturated rings. The number of halogens is 1. The van der Waals surface area contributed by atoms with Crippen LogP contribution in [0.3, 0.4) is 0 Å². The van der Waals surface area contributed by atoms with Gasteiger partial charge in [-0.3, -0.25) is 0 Å². The van der Waals surface area contributed by atoms with E-state index in [1.54, 1.807) is 7.11 Å². The lowest BCUT2D eigenvalue weighted by Gasteiger charge is -2.26. The fourth-order valence-corrected chi connectivity index (χ4v) is 3.19. The Labute approximate surface area is 156 Å². The molecule has 1 amide bonds. The number of carbonyl (C=O) groups is 1. The van der Waals surface area contributed by atoms with Crippen molar-refractivity contribution in [2.24, 2.45) is 0 Å². The first-order valence-corrected chi connectivity index (χ1v) is 8.99. The quantitative estimate of drug-likeness (QED) is 0.638. The maximum absolute atomic E-state index is 12.1. The predicted octanol–water partition coefficient (Wildman–Crippen LogP) is 4.68. The van der Waals surface area contributed by atoms with E-state index in [4.69, 9.17) is 9.47 Å². The van der Waals surface area contributed by atoms with Gasteiger partial charge in [-0.1, -0.05) is 55.5 Å². The Kier molecular flexibility index (Phi) is 7.52. The minimum Gasteiger partial charge on any atom is -0.443 e. The number of methoxy groups -OCH3 is 1. The fraction of sp³-hybridized carbons (Fsp3) is 0.316. The predicted molar refractivity (Wildman–Crippen MR) is 103 cm³/mol. The Balaban J connectivity index is 1.99. The van der Waals surface area contributed by atoms with Gasteiger partial charge in [0.25, 0.3) is 0 Å². The van der Waals surface area contributed by atoms with E-state index in [2.05, 4.69) is 27.9 Å². The monoisotopic (exact) mass is 439 g/mol. The van der Waals surface area contributed by atoms with Gasteiger partial charge in [0.15, 0.2) is 0 Å². The van der Waals surface area contributed by atoms with Gasteiger partial charge in [-0.25, -0.2) is 4.79 Å². The second-order valence-electron chi connectivity index (χ2n) is 5.37. The van der Waals surface area contributed by atoms with Gasteiger partial charge in [0, 0.05) is 17.2 Å². The molecule has 2 aromatic carbocycles. The molecule has 4 nitrogen and oxygen atoms in total. The Bertz CT molecular complexity index is 648. The van der Waals surface area contributed by atoms with Crippen LogP contribution in [0.15, 0.2) is 54.6 Å². The molecule has 0 aliphatic carbocycles. The second-order valence-corrected chi connectivity index (χ2v) is 6.53. The number of alkyl carbamates (subject to hydrolysis) is 1. The summed E-state index contributed by atoms with van der Waals surface area (Å²) in [5, 5.41) is 2.79. The summed E-state index contributed by atoms with van der Waals surface area (Å²) in [6.07, 6.45) is -0.395. The lowest BCUT2D eigenvalue weighted by molar-refractivity contribution is -0.0258. The van der Waals surface area contributed by atoms with Crippen molar-refractivity contribution in [3.8, 4) is 0 Å². The minimum atomic E-state index is -0.432. The van der Waals surface area contributed by atoms with Crippen LogP contribution in [0, 0.1) is 3.57 Å². The topological polar surface area (TPSA) is 47.6 Å². The molecule has 24 heavy (non-hydrogen) atoms. The molecule has 0 saturated heterocycles. The van der Waals surface area contributed by atoms with Crippen molar-refractivity contribution >= 4 is 28.7 Å². The molecule has 0 unspecified atom stereocenters. The zero-order valence-corrected chi connectivity index (χ0v) is 16.0. The zero-order chi connectivity index (χ0) is 17.4. The van der Waals surface area contributed by atoms with Crippen LogP contribution in [0.4, 0.5) is 4.79 Å². The first-order valence-electron chi connectivity index (χ1n) is 7.91. The second kappa shape index (κ2) is 9.64. The maximum Gasteiger partial charge on any atom is 0.407 e. The van der Waals surface area contributed by atoms with Crippen LogP contribution in [0.1, 0.15) is 30.6 Å². The molecular formula is C19H22INO3. The van der Waals surface area contributed by atoms with Crippen LogP contribution in [0.2, 0.25) is 0 Å². The highest BCUT2D eigenvalue weighted by Crippen LogP contribution is 2.28. The number of hydrogen-bond donors (Lipinski definition) is 1. The molecule has 0 aliphatic heterocycles. The van der Waals surface area contributed by atoms with E-state index >= 15 is 0 Å². The molecule has 0 aliphatic rings. The third kappa shape index (κ3) is 5.21. The molecule has 0 bridgehead atoms. The minimum absolute atomic E-state index is 0.287. The van der Waals surface area contributed by atoms with Crippen LogP contribution >= 0.6 is 22.6 Å². The highest BCUT2D eigenvalue weighted by molar-refractivity contribution is 14.1. The zero-order valence-electron chi connectivity index (χ0n) is 13.9. The van der Waals surface area contributed by atoms with Gasteiger partial charge in [-0.05, 0) is 46.2 Å².